The molecule has 0 radical (unpaired) electrons. The second kappa shape index (κ2) is 29.2. The molecule has 10 nitrogen and oxygen atoms in total. The normalized spacial score (nSPS) is 21.8. The summed E-state index contributed by atoms with van der Waals surface area (Å²) < 4.78 is 49.3. The van der Waals surface area contributed by atoms with E-state index in [-0.39, 0.29) is 50.2 Å². The number of ether oxygens (including phenoxy) is 8. The molecular weight excluding hydrogens is 953 g/mol. The first-order valence-corrected chi connectivity index (χ1v) is 28.3. The molecule has 0 aromatic heterocycles. The zero-order chi connectivity index (χ0) is 52.7. The molecule has 2 unspecified atom stereocenters. The fourth-order valence-electron chi connectivity index (χ4n) is 11.6. The van der Waals surface area contributed by atoms with E-state index in [1.165, 1.54) is 51.4 Å². The molecule has 0 spiro atoms. The van der Waals surface area contributed by atoms with Gasteiger partial charge < -0.3 is 37.9 Å². The van der Waals surface area contributed by atoms with Gasteiger partial charge in [-0.15, -0.1) is 0 Å². The van der Waals surface area contributed by atoms with Gasteiger partial charge in [0.1, 0.15) is 49.4 Å². The number of rotatable bonds is 4. The fourth-order valence-corrected chi connectivity index (χ4v) is 11.6. The second-order valence-corrected chi connectivity index (χ2v) is 20.4. The number of fused-ring (bicyclic) bond motifs is 31. The van der Waals surface area contributed by atoms with Crippen LogP contribution in [0.2, 0.25) is 0 Å². The lowest BCUT2D eigenvalue weighted by atomic mass is 9.72. The number of carbonyl (C=O) groups is 2. The number of esters is 2. The van der Waals surface area contributed by atoms with Crippen molar-refractivity contribution >= 4 is 11.9 Å². The van der Waals surface area contributed by atoms with Gasteiger partial charge in [0.2, 0.25) is 0 Å². The van der Waals surface area contributed by atoms with Gasteiger partial charge in [0, 0.05) is 34.1 Å². The number of hydrogen-bond acceptors (Lipinski definition) is 10. The van der Waals surface area contributed by atoms with Crippen molar-refractivity contribution < 1.29 is 47.5 Å². The van der Waals surface area contributed by atoms with Crippen LogP contribution < -0.4 is 9.47 Å². The van der Waals surface area contributed by atoms with Crippen LogP contribution in [-0.4, -0.2) is 64.8 Å². The zero-order valence-electron chi connectivity index (χ0n) is 45.1. The van der Waals surface area contributed by atoms with Gasteiger partial charge in [-0.25, -0.2) is 9.59 Å². The Morgan fingerprint density at radius 1 is 0.329 bits per heavy atom. The first-order chi connectivity index (χ1) is 37.4. The molecule has 10 heteroatoms. The highest BCUT2D eigenvalue weighted by atomic mass is 16.6. The molecule has 4 heterocycles. The summed E-state index contributed by atoms with van der Waals surface area (Å²) in [6.45, 7) is 5.84. The monoisotopic (exact) mass is 1030 g/mol. The van der Waals surface area contributed by atoms with E-state index in [9.17, 15) is 9.59 Å². The van der Waals surface area contributed by atoms with Gasteiger partial charge in [0.25, 0.3) is 0 Å². The molecule has 9 rings (SSSR count). The van der Waals surface area contributed by atoms with Crippen molar-refractivity contribution in [2.45, 2.75) is 128 Å². The average Bonchev–Trinajstić information content (AvgIpc) is 3.93. The lowest BCUT2D eigenvalue weighted by molar-refractivity contribution is -0.142. The summed E-state index contributed by atoms with van der Waals surface area (Å²) in [6, 6.07) is 48.7. The Bertz CT molecular complexity index is 2320. The van der Waals surface area contributed by atoms with Gasteiger partial charge >= 0.3 is 11.9 Å². The molecule has 2 bridgehead atoms. The van der Waals surface area contributed by atoms with E-state index >= 15 is 0 Å². The first kappa shape index (κ1) is 55.9. The Morgan fingerprint density at radius 2 is 0.592 bits per heavy atom. The molecule has 0 fully saturated rings. The number of hydrogen-bond donors (Lipinski definition) is 0. The molecule has 0 saturated carbocycles. The minimum absolute atomic E-state index is 0.117. The zero-order valence-corrected chi connectivity index (χ0v) is 45.1. The van der Waals surface area contributed by atoms with Crippen LogP contribution in [0.15, 0.2) is 168 Å². The third-order valence-electron chi connectivity index (χ3n) is 15.3. The molecule has 4 aliphatic heterocycles. The predicted octanol–water partition coefficient (Wildman–Crippen LogP) is 14.5. The molecule has 0 amide bonds. The minimum Gasteiger partial charge on any atom is -0.491 e. The Labute approximate surface area is 452 Å². The van der Waals surface area contributed by atoms with Crippen LogP contribution in [0.25, 0.3) is 0 Å². The average molecular weight is 1030 g/mol. The largest absolute Gasteiger partial charge is 0.491 e. The number of benzene rings is 5. The van der Waals surface area contributed by atoms with E-state index in [4.69, 9.17) is 37.9 Å². The topological polar surface area (TPSA) is 108 Å². The predicted molar refractivity (Wildman–Crippen MR) is 297 cm³/mol. The van der Waals surface area contributed by atoms with Crippen LogP contribution in [0, 0.1) is 11.8 Å². The van der Waals surface area contributed by atoms with Gasteiger partial charge in [-0.3, -0.25) is 0 Å². The third-order valence-corrected chi connectivity index (χ3v) is 15.3. The molecule has 404 valence electrons. The lowest BCUT2D eigenvalue weighted by Crippen LogP contribution is -2.37. The van der Waals surface area contributed by atoms with Crippen LogP contribution in [0.5, 0.6) is 11.5 Å². The molecule has 0 saturated heterocycles. The summed E-state index contributed by atoms with van der Waals surface area (Å²) in [7, 11) is 0. The van der Waals surface area contributed by atoms with Gasteiger partial charge in [-0.1, -0.05) is 211 Å². The maximum absolute atomic E-state index is 14.1. The van der Waals surface area contributed by atoms with Crippen molar-refractivity contribution in [3.63, 3.8) is 0 Å². The standard InChI is InChI=1S/C66H80O10/c1-51-61-59(65(75-51,53-29-19-15-20-30-53)54-31-21-16-22-32-54)37-27-13-11-9-7-5-3-4-6-8-10-12-14-28-38-60-62(52(2)76-66(60,55-33-23-17-24-34-55)56-35-25-18-26-36-56)64(68)74-50-46-70-44-48-72-58-41-39-57(40-42-58)71-47-43-69-45-49-73-63(61)67/h15-26,29-36,39-42,59-60H,3-14,27-28,37-38,43-50H2,1-2H3. The second-order valence-electron chi connectivity index (χ2n) is 20.4. The summed E-state index contributed by atoms with van der Waals surface area (Å²) >= 11 is 0. The SMILES string of the molecule is CC1=C2C(=O)OCCOCCOc3ccc(cc3)OCCOCCOC(=O)C3=C(C)OC(c4ccccc4)(c4ccccc4)C3CCCCCCCCCCCCCCCCC2C(c2ccccc2)(c2ccccc2)O1. The fraction of sp³-hybridized carbons (Fsp3) is 0.455. The van der Waals surface area contributed by atoms with Crippen LogP contribution in [0.3, 0.4) is 0 Å². The smallest absolute Gasteiger partial charge is 0.337 e. The molecule has 0 aliphatic carbocycles. The molecule has 0 N–H and O–H groups in total. The first-order valence-electron chi connectivity index (χ1n) is 28.3. The highest BCUT2D eigenvalue weighted by Crippen LogP contribution is 2.54. The minimum atomic E-state index is -0.846. The van der Waals surface area contributed by atoms with Crippen LogP contribution in [-0.2, 0) is 49.2 Å². The van der Waals surface area contributed by atoms with Crippen molar-refractivity contribution in [1.29, 1.82) is 0 Å². The Kier molecular flexibility index (Phi) is 21.5. The number of allylic oxidation sites excluding steroid dienone is 2. The molecule has 5 aromatic carbocycles. The molecule has 5 aromatic rings. The number of carbonyl (C=O) groups excluding carboxylic acids is 2. The molecule has 2 atom stereocenters. The van der Waals surface area contributed by atoms with Gasteiger partial charge in [-0.2, -0.15) is 0 Å². The van der Waals surface area contributed by atoms with Crippen LogP contribution in [0.4, 0.5) is 0 Å². The van der Waals surface area contributed by atoms with Gasteiger partial charge in [0.05, 0.1) is 37.6 Å². The quantitative estimate of drug-likeness (QED) is 0.128. The van der Waals surface area contributed by atoms with Crippen LogP contribution >= 0.6 is 0 Å². The lowest BCUT2D eigenvalue weighted by Gasteiger charge is -2.37. The van der Waals surface area contributed by atoms with E-state index in [1.54, 1.807) is 0 Å². The Morgan fingerprint density at radius 3 is 0.882 bits per heavy atom. The van der Waals surface area contributed by atoms with Crippen molar-refractivity contribution in [3.05, 3.63) is 191 Å². The van der Waals surface area contributed by atoms with Crippen molar-refractivity contribution in [2.75, 3.05) is 52.9 Å². The summed E-state index contributed by atoms with van der Waals surface area (Å²) in [5.74, 6) is 1.44. The summed E-state index contributed by atoms with van der Waals surface area (Å²) in [5, 5.41) is 0. The van der Waals surface area contributed by atoms with E-state index in [1.807, 2.05) is 111 Å². The van der Waals surface area contributed by atoms with Gasteiger partial charge in [-0.05, 0) is 51.0 Å². The van der Waals surface area contributed by atoms with E-state index in [2.05, 4.69) is 48.5 Å². The van der Waals surface area contributed by atoms with Crippen molar-refractivity contribution in [1.82, 2.24) is 0 Å². The summed E-state index contributed by atoms with van der Waals surface area (Å²) in [5.41, 5.74) is 3.64. The van der Waals surface area contributed by atoms with Crippen LogP contribution in [0.1, 0.15) is 139 Å². The van der Waals surface area contributed by atoms with Crippen molar-refractivity contribution in [3.8, 4) is 11.5 Å². The Balaban J connectivity index is 0.882. The van der Waals surface area contributed by atoms with E-state index in [0.717, 1.165) is 73.6 Å². The summed E-state index contributed by atoms with van der Waals surface area (Å²) in [6.07, 6.45) is 18.0. The van der Waals surface area contributed by atoms with Gasteiger partial charge in [0.15, 0.2) is 11.2 Å². The van der Waals surface area contributed by atoms with E-state index < -0.39 is 11.2 Å². The maximum Gasteiger partial charge on any atom is 0.337 e. The molecule has 76 heavy (non-hydrogen) atoms. The molecular formula is C66H80O10. The Hall–Kier alpha value is -6.36. The van der Waals surface area contributed by atoms with Crippen molar-refractivity contribution in [2.24, 2.45) is 11.8 Å². The highest BCUT2D eigenvalue weighted by Gasteiger charge is 2.54. The maximum atomic E-state index is 14.1. The summed E-state index contributed by atoms with van der Waals surface area (Å²) in [4.78, 5) is 28.2. The molecule has 4 aliphatic rings. The highest BCUT2D eigenvalue weighted by molar-refractivity contribution is 5.91. The van der Waals surface area contributed by atoms with E-state index in [0.29, 0.717) is 60.6 Å². The third kappa shape index (κ3) is 14.4.